The molecular formula is C41H43BN2. The van der Waals surface area contributed by atoms with Crippen molar-refractivity contribution in [2.45, 2.75) is 73.1 Å². The SMILES string of the molecule is Cc1ccc(N2c3ccc(C(C)(C)C)cc3B3c4cc(C(C)(C)C)ccc4N(c4ccc(C)cc4)c4cc(C)cc2c43)cc1. The van der Waals surface area contributed by atoms with Crippen LogP contribution in [0.4, 0.5) is 34.1 Å². The van der Waals surface area contributed by atoms with Gasteiger partial charge >= 0.3 is 0 Å². The van der Waals surface area contributed by atoms with E-state index in [2.05, 4.69) is 169 Å². The van der Waals surface area contributed by atoms with Crippen molar-refractivity contribution in [1.82, 2.24) is 0 Å². The third-order valence-electron chi connectivity index (χ3n) is 9.53. The number of nitrogens with zero attached hydrogens (tertiary/aromatic N) is 2. The third-order valence-corrected chi connectivity index (χ3v) is 9.53. The van der Waals surface area contributed by atoms with Gasteiger partial charge in [-0.1, -0.05) is 101 Å². The highest BCUT2D eigenvalue weighted by Crippen LogP contribution is 2.45. The lowest BCUT2D eigenvalue weighted by Gasteiger charge is -2.45. The van der Waals surface area contributed by atoms with Crippen LogP contribution in [0.25, 0.3) is 0 Å². The normalized spacial score (nSPS) is 13.9. The predicted octanol–water partition coefficient (Wildman–Crippen LogP) is 9.29. The maximum absolute atomic E-state index is 2.51. The number of rotatable bonds is 2. The molecule has 0 bridgehead atoms. The van der Waals surface area contributed by atoms with E-state index in [1.807, 2.05) is 0 Å². The molecule has 220 valence electrons. The standard InChI is InChI=1S/C41H43BN2/c1-26-10-16-31(17-11-26)43-35-20-14-29(40(4,5)6)24-33(35)42-34-25-30(41(7,8)9)15-21-36(34)44(32-18-12-27(2)13-19-32)38-23-28(3)22-37(43)39(38)42/h10-25H,1-9H3. The first-order chi connectivity index (χ1) is 20.8. The monoisotopic (exact) mass is 574 g/mol. The molecule has 0 atom stereocenters. The Hall–Kier alpha value is -4.24. The molecule has 0 saturated carbocycles. The van der Waals surface area contributed by atoms with Crippen LogP contribution in [-0.2, 0) is 10.8 Å². The second-order valence-corrected chi connectivity index (χ2v) is 15.0. The second-order valence-electron chi connectivity index (χ2n) is 15.0. The molecule has 7 rings (SSSR count). The molecular weight excluding hydrogens is 531 g/mol. The van der Waals surface area contributed by atoms with Crippen LogP contribution in [0.1, 0.15) is 69.4 Å². The first-order valence-corrected chi connectivity index (χ1v) is 16.0. The Balaban J connectivity index is 1.61. The Morgan fingerprint density at radius 1 is 0.432 bits per heavy atom. The highest BCUT2D eigenvalue weighted by molar-refractivity contribution is 7.00. The fourth-order valence-electron chi connectivity index (χ4n) is 7.02. The van der Waals surface area contributed by atoms with Gasteiger partial charge in [0.25, 0.3) is 6.71 Å². The molecule has 5 aromatic rings. The number of hydrogen-bond donors (Lipinski definition) is 0. The van der Waals surface area contributed by atoms with Gasteiger partial charge in [-0.15, -0.1) is 0 Å². The molecule has 0 N–H and O–H groups in total. The van der Waals surface area contributed by atoms with E-state index in [4.69, 9.17) is 0 Å². The smallest absolute Gasteiger partial charge is 0.252 e. The summed E-state index contributed by atoms with van der Waals surface area (Å²) < 4.78 is 0. The molecule has 0 radical (unpaired) electrons. The lowest BCUT2D eigenvalue weighted by atomic mass is 9.33. The van der Waals surface area contributed by atoms with E-state index < -0.39 is 0 Å². The van der Waals surface area contributed by atoms with E-state index in [-0.39, 0.29) is 17.5 Å². The molecule has 0 aromatic heterocycles. The minimum atomic E-state index is 0.0405. The lowest BCUT2D eigenvalue weighted by molar-refractivity contribution is 0.590. The molecule has 0 saturated heterocycles. The third kappa shape index (κ3) is 4.56. The van der Waals surface area contributed by atoms with Crippen molar-refractivity contribution < 1.29 is 0 Å². The fraction of sp³-hybridized carbons (Fsp3) is 0.268. The molecule has 2 aliphatic rings. The van der Waals surface area contributed by atoms with Crippen molar-refractivity contribution in [2.75, 3.05) is 9.80 Å². The van der Waals surface area contributed by atoms with Crippen molar-refractivity contribution in [3.05, 3.63) is 125 Å². The van der Waals surface area contributed by atoms with Gasteiger partial charge in [0.1, 0.15) is 0 Å². The summed E-state index contributed by atoms with van der Waals surface area (Å²) in [6.07, 6.45) is 0. The summed E-state index contributed by atoms with van der Waals surface area (Å²) in [4.78, 5) is 5.02. The average molecular weight is 575 g/mol. The fourth-order valence-corrected chi connectivity index (χ4v) is 7.02. The maximum atomic E-state index is 2.51. The summed E-state index contributed by atoms with van der Waals surface area (Å²) in [5, 5.41) is 0. The van der Waals surface area contributed by atoms with E-state index >= 15 is 0 Å². The Bertz CT molecular complexity index is 1770. The molecule has 44 heavy (non-hydrogen) atoms. The van der Waals surface area contributed by atoms with Crippen molar-refractivity contribution in [1.29, 1.82) is 0 Å². The quantitative estimate of drug-likeness (QED) is 0.190. The molecule has 0 aliphatic carbocycles. The Morgan fingerprint density at radius 3 is 1.18 bits per heavy atom. The largest absolute Gasteiger partial charge is 0.311 e. The molecule has 2 aliphatic heterocycles. The summed E-state index contributed by atoms with van der Waals surface area (Å²) in [6, 6.07) is 37.3. The van der Waals surface area contributed by atoms with Gasteiger partial charge in [0, 0.05) is 34.1 Å². The summed E-state index contributed by atoms with van der Waals surface area (Å²) in [6.45, 7) is 20.6. The minimum absolute atomic E-state index is 0.0405. The molecule has 5 aromatic carbocycles. The van der Waals surface area contributed by atoms with E-state index in [0.29, 0.717) is 0 Å². The molecule has 0 fully saturated rings. The first kappa shape index (κ1) is 28.5. The van der Waals surface area contributed by atoms with Gasteiger partial charge in [-0.2, -0.15) is 0 Å². The first-order valence-electron chi connectivity index (χ1n) is 16.0. The van der Waals surface area contributed by atoms with Crippen molar-refractivity contribution in [3.63, 3.8) is 0 Å². The predicted molar refractivity (Wildman–Crippen MR) is 192 cm³/mol. The molecule has 0 spiro atoms. The van der Waals surface area contributed by atoms with Crippen LogP contribution in [0.2, 0.25) is 0 Å². The van der Waals surface area contributed by atoms with Crippen molar-refractivity contribution >= 4 is 57.2 Å². The van der Waals surface area contributed by atoms with Gasteiger partial charge in [0.15, 0.2) is 0 Å². The van der Waals surface area contributed by atoms with Crippen LogP contribution in [0.15, 0.2) is 97.1 Å². The summed E-state index contributed by atoms with van der Waals surface area (Å²) in [5.41, 5.74) is 18.2. The van der Waals surface area contributed by atoms with Gasteiger partial charge in [-0.05, 0) is 113 Å². The Morgan fingerprint density at radius 2 is 0.818 bits per heavy atom. The van der Waals surface area contributed by atoms with Crippen LogP contribution >= 0.6 is 0 Å². The number of fused-ring (bicyclic) bond motifs is 4. The highest BCUT2D eigenvalue weighted by atomic mass is 15.2. The van der Waals surface area contributed by atoms with Crippen molar-refractivity contribution in [2.24, 2.45) is 0 Å². The van der Waals surface area contributed by atoms with Gasteiger partial charge in [-0.3, -0.25) is 0 Å². The molecule has 0 unspecified atom stereocenters. The number of anilines is 6. The minimum Gasteiger partial charge on any atom is -0.311 e. The van der Waals surface area contributed by atoms with Crippen LogP contribution < -0.4 is 26.2 Å². The number of aryl methyl sites for hydroxylation is 3. The average Bonchev–Trinajstić information content (AvgIpc) is 2.96. The van der Waals surface area contributed by atoms with Gasteiger partial charge in [0.2, 0.25) is 0 Å². The van der Waals surface area contributed by atoms with E-state index in [0.717, 1.165) is 0 Å². The van der Waals surface area contributed by atoms with E-state index in [9.17, 15) is 0 Å². The summed E-state index contributed by atoms with van der Waals surface area (Å²) >= 11 is 0. The zero-order chi connectivity index (χ0) is 31.1. The van der Waals surface area contributed by atoms with Crippen LogP contribution in [-0.4, -0.2) is 6.71 Å². The molecule has 2 nitrogen and oxygen atoms in total. The maximum Gasteiger partial charge on any atom is 0.252 e. The van der Waals surface area contributed by atoms with E-state index in [1.54, 1.807) is 0 Å². The summed E-state index contributed by atoms with van der Waals surface area (Å²) in [7, 11) is 0. The molecule has 2 heterocycles. The van der Waals surface area contributed by atoms with Gasteiger partial charge < -0.3 is 9.80 Å². The highest BCUT2D eigenvalue weighted by Gasteiger charge is 2.44. The van der Waals surface area contributed by atoms with Crippen LogP contribution in [0, 0.1) is 20.8 Å². The Kier molecular flexibility index (Phi) is 6.41. The number of hydrogen-bond acceptors (Lipinski definition) is 2. The van der Waals surface area contributed by atoms with Gasteiger partial charge in [-0.25, -0.2) is 0 Å². The van der Waals surface area contributed by atoms with Crippen LogP contribution in [0.3, 0.4) is 0 Å². The lowest BCUT2D eigenvalue weighted by Crippen LogP contribution is -2.61. The van der Waals surface area contributed by atoms with Gasteiger partial charge in [0.05, 0.1) is 0 Å². The van der Waals surface area contributed by atoms with Crippen LogP contribution in [0.5, 0.6) is 0 Å². The van der Waals surface area contributed by atoms with Crippen molar-refractivity contribution in [3.8, 4) is 0 Å². The Labute approximate surface area is 264 Å². The summed E-state index contributed by atoms with van der Waals surface area (Å²) in [5.74, 6) is 0. The molecule has 3 heteroatoms. The number of benzene rings is 5. The zero-order valence-electron chi connectivity index (χ0n) is 27.7. The van der Waals surface area contributed by atoms with E-state index in [1.165, 1.54) is 78.3 Å². The topological polar surface area (TPSA) is 6.48 Å². The molecule has 0 amide bonds. The zero-order valence-corrected chi connectivity index (χ0v) is 27.7. The second kappa shape index (κ2) is 9.89.